The van der Waals surface area contributed by atoms with Crippen molar-refractivity contribution in [3.8, 4) is 0 Å². The van der Waals surface area contributed by atoms with Crippen LogP contribution >= 0.6 is 0 Å². The van der Waals surface area contributed by atoms with Gasteiger partial charge in [0.2, 0.25) is 0 Å². The summed E-state index contributed by atoms with van der Waals surface area (Å²) in [4.78, 5) is 6.85. The number of para-hydroxylation sites is 1. The Morgan fingerprint density at radius 3 is 2.86 bits per heavy atom. The summed E-state index contributed by atoms with van der Waals surface area (Å²) in [6, 6.07) is 8.99. The highest BCUT2D eigenvalue weighted by Crippen LogP contribution is 2.32. The number of rotatable bonds is 3. The number of hydrogen-bond acceptors (Lipinski definition) is 5. The zero-order chi connectivity index (χ0) is 14.8. The van der Waals surface area contributed by atoms with Gasteiger partial charge in [0.1, 0.15) is 0 Å². The van der Waals surface area contributed by atoms with Crippen LogP contribution in [0.3, 0.4) is 0 Å². The van der Waals surface area contributed by atoms with Gasteiger partial charge in [-0.3, -0.25) is 0 Å². The van der Waals surface area contributed by atoms with Crippen molar-refractivity contribution in [2.24, 2.45) is 0 Å². The normalized spacial score (nSPS) is 18.3. The first-order chi connectivity index (χ1) is 10.9. The van der Waals surface area contributed by atoms with E-state index in [2.05, 4.69) is 49.7 Å². The average Bonchev–Trinajstić information content (AvgIpc) is 3.00. The van der Waals surface area contributed by atoms with Crippen LogP contribution in [0.2, 0.25) is 0 Å². The fraction of sp³-hybridized carbons (Fsp3) is 0.471. The summed E-state index contributed by atoms with van der Waals surface area (Å²) in [6.07, 6.45) is 9.21. The van der Waals surface area contributed by atoms with Crippen molar-refractivity contribution in [3.05, 3.63) is 36.0 Å². The molecule has 1 N–H and O–H groups in total. The summed E-state index contributed by atoms with van der Waals surface area (Å²) in [5, 5.41) is 11.9. The van der Waals surface area contributed by atoms with E-state index in [1.165, 1.54) is 43.4 Å². The molecule has 0 spiro atoms. The second-order valence-corrected chi connectivity index (χ2v) is 6.15. The lowest BCUT2D eigenvalue weighted by Gasteiger charge is -2.23. The van der Waals surface area contributed by atoms with Gasteiger partial charge in [0.05, 0.1) is 6.20 Å². The van der Waals surface area contributed by atoms with Crippen LogP contribution in [0.5, 0.6) is 0 Å². The van der Waals surface area contributed by atoms with Crippen molar-refractivity contribution >= 4 is 17.5 Å². The number of hydrogen-bond donors (Lipinski definition) is 1. The summed E-state index contributed by atoms with van der Waals surface area (Å²) < 4.78 is 0. The minimum Gasteiger partial charge on any atom is -0.366 e. The van der Waals surface area contributed by atoms with Crippen LogP contribution in [0.4, 0.5) is 17.5 Å². The molecule has 1 aliphatic carbocycles. The van der Waals surface area contributed by atoms with Gasteiger partial charge in [-0.05, 0) is 30.9 Å². The van der Waals surface area contributed by atoms with Gasteiger partial charge in [-0.2, -0.15) is 10.1 Å². The molecule has 0 atom stereocenters. The van der Waals surface area contributed by atoms with Gasteiger partial charge in [0.15, 0.2) is 5.82 Å². The molecule has 5 heteroatoms. The highest BCUT2D eigenvalue weighted by Gasteiger charge is 2.22. The van der Waals surface area contributed by atoms with E-state index >= 15 is 0 Å². The van der Waals surface area contributed by atoms with Crippen molar-refractivity contribution in [2.45, 2.75) is 44.6 Å². The van der Waals surface area contributed by atoms with E-state index in [0.717, 1.165) is 18.8 Å². The van der Waals surface area contributed by atoms with Crippen LogP contribution < -0.4 is 10.2 Å². The lowest BCUT2D eigenvalue weighted by atomic mass is 9.96. The number of fused-ring (bicyclic) bond motifs is 1. The SMILES string of the molecule is c1ccc2c(c1)CCN2c1nncc(NC2CCCCC2)n1. The van der Waals surface area contributed by atoms with E-state index in [4.69, 9.17) is 0 Å². The summed E-state index contributed by atoms with van der Waals surface area (Å²) in [7, 11) is 0. The van der Waals surface area contributed by atoms with Gasteiger partial charge < -0.3 is 10.2 Å². The average molecular weight is 295 g/mol. The van der Waals surface area contributed by atoms with Crippen molar-refractivity contribution in [2.75, 3.05) is 16.8 Å². The summed E-state index contributed by atoms with van der Waals surface area (Å²) in [5.74, 6) is 1.55. The highest BCUT2D eigenvalue weighted by atomic mass is 15.3. The number of aromatic nitrogens is 3. The molecular formula is C17H21N5. The second-order valence-electron chi connectivity index (χ2n) is 6.15. The van der Waals surface area contributed by atoms with Crippen LogP contribution in [-0.4, -0.2) is 27.8 Å². The Kier molecular flexibility index (Phi) is 3.62. The van der Waals surface area contributed by atoms with Crippen LogP contribution in [0.1, 0.15) is 37.7 Å². The van der Waals surface area contributed by atoms with Crippen LogP contribution in [0.25, 0.3) is 0 Å². The molecule has 0 saturated heterocycles. The highest BCUT2D eigenvalue weighted by molar-refractivity contribution is 5.65. The molecule has 0 amide bonds. The molecule has 1 aromatic carbocycles. The molecule has 114 valence electrons. The van der Waals surface area contributed by atoms with Gasteiger partial charge in [0, 0.05) is 18.3 Å². The minimum atomic E-state index is 0.532. The molecule has 4 rings (SSSR count). The van der Waals surface area contributed by atoms with Crippen molar-refractivity contribution in [1.82, 2.24) is 15.2 Å². The van der Waals surface area contributed by atoms with E-state index in [1.54, 1.807) is 6.20 Å². The third-order valence-electron chi connectivity index (χ3n) is 4.63. The molecule has 1 aliphatic heterocycles. The lowest BCUT2D eigenvalue weighted by molar-refractivity contribution is 0.461. The number of nitrogens with zero attached hydrogens (tertiary/aromatic N) is 4. The van der Waals surface area contributed by atoms with Gasteiger partial charge in [-0.15, -0.1) is 5.10 Å². The Morgan fingerprint density at radius 1 is 1.09 bits per heavy atom. The number of anilines is 3. The van der Waals surface area contributed by atoms with Gasteiger partial charge in [-0.25, -0.2) is 0 Å². The Hall–Kier alpha value is -2.17. The Bertz CT molecular complexity index is 651. The molecule has 0 bridgehead atoms. The molecule has 0 unspecified atom stereocenters. The van der Waals surface area contributed by atoms with Gasteiger partial charge >= 0.3 is 0 Å². The molecule has 2 heterocycles. The molecule has 1 aromatic heterocycles. The largest absolute Gasteiger partial charge is 0.366 e. The van der Waals surface area contributed by atoms with Crippen molar-refractivity contribution < 1.29 is 0 Å². The third-order valence-corrected chi connectivity index (χ3v) is 4.63. The monoisotopic (exact) mass is 295 g/mol. The Balaban J connectivity index is 1.55. The summed E-state index contributed by atoms with van der Waals surface area (Å²) >= 11 is 0. The predicted octanol–water partition coefficient (Wildman–Crippen LogP) is 3.31. The number of benzene rings is 1. The van der Waals surface area contributed by atoms with E-state index in [9.17, 15) is 0 Å². The maximum atomic E-state index is 4.69. The van der Waals surface area contributed by atoms with Gasteiger partial charge in [-0.1, -0.05) is 37.5 Å². The standard InChI is InChI=1S/C17H21N5/c1-2-7-14(8-3-1)19-16-12-18-21-17(20-16)22-11-10-13-6-4-5-9-15(13)22/h4-6,9,12,14H,1-3,7-8,10-11H2,(H,19,20,21). The fourth-order valence-corrected chi connectivity index (χ4v) is 3.48. The van der Waals surface area contributed by atoms with Gasteiger partial charge in [0.25, 0.3) is 5.95 Å². The van der Waals surface area contributed by atoms with Crippen LogP contribution in [-0.2, 0) is 6.42 Å². The predicted molar refractivity (Wildman–Crippen MR) is 87.5 cm³/mol. The van der Waals surface area contributed by atoms with E-state index in [0.29, 0.717) is 12.0 Å². The molecule has 0 radical (unpaired) electrons. The second kappa shape index (κ2) is 5.91. The fourth-order valence-electron chi connectivity index (χ4n) is 3.48. The molecule has 2 aliphatic rings. The lowest BCUT2D eigenvalue weighted by Crippen LogP contribution is -2.24. The third kappa shape index (κ3) is 2.63. The Morgan fingerprint density at radius 2 is 1.95 bits per heavy atom. The van der Waals surface area contributed by atoms with E-state index < -0.39 is 0 Å². The first kappa shape index (κ1) is 13.5. The van der Waals surface area contributed by atoms with Crippen LogP contribution in [0.15, 0.2) is 30.5 Å². The zero-order valence-corrected chi connectivity index (χ0v) is 12.7. The van der Waals surface area contributed by atoms with E-state index in [1.807, 2.05) is 0 Å². The van der Waals surface area contributed by atoms with Crippen molar-refractivity contribution in [1.29, 1.82) is 0 Å². The quantitative estimate of drug-likeness (QED) is 0.941. The molecule has 5 nitrogen and oxygen atoms in total. The molecule has 22 heavy (non-hydrogen) atoms. The first-order valence-corrected chi connectivity index (χ1v) is 8.22. The topological polar surface area (TPSA) is 53.9 Å². The molecule has 1 fully saturated rings. The summed E-state index contributed by atoms with van der Waals surface area (Å²) in [5.41, 5.74) is 2.57. The summed E-state index contributed by atoms with van der Waals surface area (Å²) in [6.45, 7) is 0.925. The van der Waals surface area contributed by atoms with Crippen molar-refractivity contribution in [3.63, 3.8) is 0 Å². The maximum absolute atomic E-state index is 4.69. The molecular weight excluding hydrogens is 274 g/mol. The molecule has 2 aromatic rings. The molecule has 1 saturated carbocycles. The van der Waals surface area contributed by atoms with E-state index in [-0.39, 0.29) is 0 Å². The number of nitrogens with one attached hydrogen (secondary N) is 1. The maximum Gasteiger partial charge on any atom is 0.251 e. The first-order valence-electron chi connectivity index (χ1n) is 8.22. The Labute approximate surface area is 130 Å². The zero-order valence-electron chi connectivity index (χ0n) is 12.7. The van der Waals surface area contributed by atoms with Crippen LogP contribution in [0, 0.1) is 0 Å². The smallest absolute Gasteiger partial charge is 0.251 e. The minimum absolute atomic E-state index is 0.532.